The third-order valence-corrected chi connectivity index (χ3v) is 8.52. The van der Waals surface area contributed by atoms with Gasteiger partial charge in [-0.15, -0.1) is 0 Å². The third-order valence-electron chi connectivity index (χ3n) is 8.04. The van der Waals surface area contributed by atoms with E-state index in [1.807, 2.05) is 29.1 Å². The van der Waals surface area contributed by atoms with Crippen molar-refractivity contribution in [3.8, 4) is 22.6 Å². The number of aromatic hydroxyl groups is 1. The smallest absolute Gasteiger partial charge is 0.192 e. The van der Waals surface area contributed by atoms with Crippen molar-refractivity contribution < 1.29 is 8.17 Å². The van der Waals surface area contributed by atoms with E-state index in [-0.39, 0.29) is 0 Å². The molecule has 0 aliphatic heterocycles. The number of rotatable bonds is 2. The molecule has 2 aromatic carbocycles. The van der Waals surface area contributed by atoms with Gasteiger partial charge in [-0.1, -0.05) is 25.0 Å². The number of fused-ring (bicyclic) bond motifs is 6. The molecule has 2 saturated carbocycles. The van der Waals surface area contributed by atoms with Gasteiger partial charge in [0.25, 0.3) is 0 Å². The summed E-state index contributed by atoms with van der Waals surface area (Å²) in [4.78, 5) is 0. The highest BCUT2D eigenvalue weighted by molar-refractivity contribution is 14.1. The van der Waals surface area contributed by atoms with Crippen LogP contribution in [-0.4, -0.2) is 5.11 Å². The van der Waals surface area contributed by atoms with E-state index in [2.05, 4.69) is 18.2 Å². The molecule has 2 atom stereocenters. The summed E-state index contributed by atoms with van der Waals surface area (Å²) in [6.07, 6.45) is 11.5. The van der Waals surface area contributed by atoms with Gasteiger partial charge in [-0.3, -0.25) is 0 Å². The van der Waals surface area contributed by atoms with Crippen LogP contribution in [0.25, 0.3) is 11.1 Å². The van der Waals surface area contributed by atoms with Crippen molar-refractivity contribution >= 4 is 23.0 Å². The van der Waals surface area contributed by atoms with Gasteiger partial charge in [0.1, 0.15) is 11.5 Å². The van der Waals surface area contributed by atoms with Crippen LogP contribution in [0.15, 0.2) is 24.3 Å². The molecular formula is C24H25IO2. The Hall–Kier alpha value is -1.23. The Balaban J connectivity index is 1.54. The minimum atomic E-state index is 0.420. The quantitative estimate of drug-likeness (QED) is 0.487. The predicted octanol–water partition coefficient (Wildman–Crippen LogP) is 6.81. The molecule has 0 amide bonds. The lowest BCUT2D eigenvalue weighted by Crippen LogP contribution is -2.15. The second kappa shape index (κ2) is 5.88. The molecule has 4 aliphatic carbocycles. The number of hydrogen-bond acceptors (Lipinski definition) is 2. The number of halogens is 1. The molecule has 4 aliphatic rings. The van der Waals surface area contributed by atoms with Gasteiger partial charge in [-0.2, -0.15) is 0 Å². The normalized spacial score (nSPS) is 26.6. The van der Waals surface area contributed by atoms with Crippen molar-refractivity contribution in [1.82, 2.24) is 0 Å². The van der Waals surface area contributed by atoms with Gasteiger partial charge in [0.05, 0.1) is 0 Å². The van der Waals surface area contributed by atoms with Crippen molar-refractivity contribution in [2.45, 2.75) is 69.6 Å². The zero-order valence-corrected chi connectivity index (χ0v) is 17.7. The van der Waals surface area contributed by atoms with Crippen LogP contribution in [0.3, 0.4) is 0 Å². The zero-order valence-electron chi connectivity index (χ0n) is 15.6. The minimum Gasteiger partial charge on any atom is -0.508 e. The Morgan fingerprint density at radius 1 is 0.889 bits per heavy atom. The highest BCUT2D eigenvalue weighted by Crippen LogP contribution is 2.60. The van der Waals surface area contributed by atoms with Crippen LogP contribution in [-0.2, 0) is 12.8 Å². The van der Waals surface area contributed by atoms with Crippen molar-refractivity contribution in [2.75, 3.05) is 0 Å². The zero-order chi connectivity index (χ0) is 18.2. The fourth-order valence-electron chi connectivity index (χ4n) is 6.91. The van der Waals surface area contributed by atoms with E-state index >= 15 is 0 Å². The van der Waals surface area contributed by atoms with Gasteiger partial charge >= 0.3 is 0 Å². The van der Waals surface area contributed by atoms with E-state index in [1.165, 1.54) is 72.8 Å². The van der Waals surface area contributed by atoms with Crippen molar-refractivity contribution in [3.05, 3.63) is 46.5 Å². The molecule has 3 heteroatoms. The van der Waals surface area contributed by atoms with Gasteiger partial charge in [-0.25, -0.2) is 0 Å². The van der Waals surface area contributed by atoms with E-state index < -0.39 is 0 Å². The van der Waals surface area contributed by atoms with E-state index in [9.17, 15) is 5.11 Å². The first-order chi connectivity index (χ1) is 13.2. The molecule has 6 rings (SSSR count). The maximum atomic E-state index is 10.6. The topological polar surface area (TPSA) is 29.5 Å². The Labute approximate surface area is 175 Å². The highest BCUT2D eigenvalue weighted by atomic mass is 127. The van der Waals surface area contributed by atoms with Gasteiger partial charge in [0.2, 0.25) is 0 Å². The van der Waals surface area contributed by atoms with Crippen LogP contribution in [0.4, 0.5) is 0 Å². The Morgan fingerprint density at radius 2 is 1.59 bits per heavy atom. The number of hydrogen-bond donors (Lipinski definition) is 1. The lowest BCUT2D eigenvalue weighted by molar-refractivity contribution is 0.315. The van der Waals surface area contributed by atoms with Gasteiger partial charge in [0.15, 0.2) is 23.0 Å². The van der Waals surface area contributed by atoms with E-state index in [0.717, 1.165) is 18.6 Å². The lowest BCUT2D eigenvalue weighted by atomic mass is 9.81. The summed E-state index contributed by atoms with van der Waals surface area (Å²) < 4.78 is 5.72. The van der Waals surface area contributed by atoms with Crippen LogP contribution in [0.1, 0.15) is 79.0 Å². The summed E-state index contributed by atoms with van der Waals surface area (Å²) in [5, 5.41) is 10.6. The van der Waals surface area contributed by atoms with Gasteiger partial charge in [-0.05, 0) is 102 Å². The predicted molar refractivity (Wildman–Crippen MR) is 116 cm³/mol. The second-order valence-electron chi connectivity index (χ2n) is 9.37. The van der Waals surface area contributed by atoms with Crippen LogP contribution in [0.5, 0.6) is 11.5 Å². The summed E-state index contributed by atoms with van der Waals surface area (Å²) in [6.45, 7) is 0. The average Bonchev–Trinajstić information content (AvgIpc) is 3.46. The molecule has 140 valence electrons. The fraction of sp³-hybridized carbons (Fsp3) is 0.500. The first-order valence-corrected chi connectivity index (χ1v) is 11.4. The second-order valence-corrected chi connectivity index (χ2v) is 9.81. The summed E-state index contributed by atoms with van der Waals surface area (Å²) in [5.41, 5.74) is 8.93. The molecular weight excluding hydrogens is 447 g/mol. The van der Waals surface area contributed by atoms with Crippen LogP contribution >= 0.6 is 23.0 Å². The third kappa shape index (κ3) is 2.30. The number of phenols is 1. The highest BCUT2D eigenvalue weighted by Gasteiger charge is 2.44. The summed E-state index contributed by atoms with van der Waals surface area (Å²) >= 11 is 2.04. The largest absolute Gasteiger partial charge is 0.508 e. The molecule has 0 heterocycles. The van der Waals surface area contributed by atoms with Crippen molar-refractivity contribution in [3.63, 3.8) is 0 Å². The van der Waals surface area contributed by atoms with Crippen molar-refractivity contribution in [1.29, 1.82) is 0 Å². The monoisotopic (exact) mass is 472 g/mol. The number of benzene rings is 2. The molecule has 1 N–H and O–H groups in total. The standard InChI is InChI=1S/C24H25IO2/c25-27-21-8-6-17(22-14-3-4-15(11-14)23(21)22)16-5-7-20(26)19-13-24(12-18(16)19)9-1-2-10-24/h5-8,14-15,26H,1-4,9-13H2. The molecule has 2 unspecified atom stereocenters. The van der Waals surface area contributed by atoms with Crippen LogP contribution in [0.2, 0.25) is 0 Å². The van der Waals surface area contributed by atoms with Gasteiger partial charge in [0, 0.05) is 5.56 Å². The van der Waals surface area contributed by atoms with Gasteiger partial charge < -0.3 is 8.17 Å². The lowest BCUT2D eigenvalue weighted by Gasteiger charge is -2.23. The molecule has 0 radical (unpaired) electrons. The maximum absolute atomic E-state index is 10.6. The Kier molecular flexibility index (Phi) is 3.64. The molecule has 0 aromatic heterocycles. The summed E-state index contributed by atoms with van der Waals surface area (Å²) in [5.74, 6) is 2.96. The van der Waals surface area contributed by atoms with E-state index in [0.29, 0.717) is 23.0 Å². The molecule has 27 heavy (non-hydrogen) atoms. The molecule has 1 spiro atoms. The molecule has 0 saturated heterocycles. The van der Waals surface area contributed by atoms with Crippen LogP contribution < -0.4 is 3.07 Å². The Bertz CT molecular complexity index is 942. The van der Waals surface area contributed by atoms with E-state index in [4.69, 9.17) is 3.07 Å². The average molecular weight is 472 g/mol. The maximum Gasteiger partial charge on any atom is 0.192 e. The first-order valence-electron chi connectivity index (χ1n) is 10.5. The molecule has 2 fully saturated rings. The first kappa shape index (κ1) is 16.7. The van der Waals surface area contributed by atoms with Crippen molar-refractivity contribution in [2.24, 2.45) is 5.41 Å². The fourth-order valence-corrected chi connectivity index (χ4v) is 7.29. The van der Waals surface area contributed by atoms with E-state index in [1.54, 1.807) is 5.56 Å². The summed E-state index contributed by atoms with van der Waals surface area (Å²) in [6, 6.07) is 8.61. The van der Waals surface area contributed by atoms with Crippen LogP contribution in [0, 0.1) is 5.41 Å². The molecule has 2 aromatic rings. The Morgan fingerprint density at radius 3 is 2.37 bits per heavy atom. The SMILES string of the molecule is Oc1ccc(-c2ccc(OI)c3c2C2CCC3C2)c2c1CC1(CCCC1)C2. The number of phenolic OH excluding ortho intramolecular Hbond substituents is 1. The molecule has 2 nitrogen and oxygen atoms in total. The minimum absolute atomic E-state index is 0.420. The summed E-state index contributed by atoms with van der Waals surface area (Å²) in [7, 11) is 0. The molecule has 2 bridgehead atoms.